The van der Waals surface area contributed by atoms with Gasteiger partial charge in [-0.05, 0) is 48.9 Å². The van der Waals surface area contributed by atoms with Gasteiger partial charge in [0.25, 0.3) is 5.91 Å². The first-order chi connectivity index (χ1) is 11.5. The molecule has 0 fully saturated rings. The van der Waals surface area contributed by atoms with Crippen molar-refractivity contribution in [1.29, 1.82) is 0 Å². The van der Waals surface area contributed by atoms with Gasteiger partial charge in [-0.2, -0.15) is 0 Å². The smallest absolute Gasteiger partial charge is 0.339 e. The maximum atomic E-state index is 12.2. The van der Waals surface area contributed by atoms with Gasteiger partial charge in [0.15, 0.2) is 0 Å². The zero-order valence-electron chi connectivity index (χ0n) is 13.3. The number of benzene rings is 2. The molecule has 1 amide bonds. The molecule has 0 unspecified atom stereocenters. The van der Waals surface area contributed by atoms with E-state index in [4.69, 9.17) is 9.84 Å². The zero-order valence-corrected chi connectivity index (χ0v) is 13.3. The number of hydrogen-bond donors (Lipinski definition) is 3. The molecule has 0 aliphatic carbocycles. The number of carboxylic acid groups (broad SMARTS) is 1. The van der Waals surface area contributed by atoms with Crippen molar-refractivity contribution in [2.45, 2.75) is 19.8 Å². The van der Waals surface area contributed by atoms with Gasteiger partial charge in [0, 0.05) is 11.3 Å². The van der Waals surface area contributed by atoms with Crippen molar-refractivity contribution in [1.82, 2.24) is 0 Å². The molecule has 126 valence electrons. The number of amides is 1. The minimum atomic E-state index is -1.27. The number of unbranched alkanes of at least 4 members (excludes halogenated alkanes) is 1. The van der Waals surface area contributed by atoms with Crippen LogP contribution in [-0.2, 0) is 0 Å². The van der Waals surface area contributed by atoms with E-state index in [1.165, 1.54) is 18.2 Å². The van der Waals surface area contributed by atoms with Crippen LogP contribution in [0.3, 0.4) is 0 Å². The van der Waals surface area contributed by atoms with Gasteiger partial charge >= 0.3 is 5.97 Å². The highest BCUT2D eigenvalue weighted by atomic mass is 16.5. The summed E-state index contributed by atoms with van der Waals surface area (Å²) in [5.74, 6) is -1.30. The van der Waals surface area contributed by atoms with Crippen LogP contribution in [0, 0.1) is 0 Å². The number of phenols is 1. The van der Waals surface area contributed by atoms with Crippen LogP contribution in [0.1, 0.15) is 40.5 Å². The van der Waals surface area contributed by atoms with Crippen LogP contribution in [-0.4, -0.2) is 28.7 Å². The molecule has 0 heterocycles. The number of nitrogens with one attached hydrogen (secondary N) is 1. The summed E-state index contributed by atoms with van der Waals surface area (Å²) in [5, 5.41) is 21.0. The molecular formula is C18H19NO5. The van der Waals surface area contributed by atoms with Gasteiger partial charge in [-0.3, -0.25) is 4.79 Å². The summed E-state index contributed by atoms with van der Waals surface area (Å²) < 4.78 is 5.53. The second kappa shape index (κ2) is 8.01. The molecule has 6 heteroatoms. The number of carboxylic acids is 1. The Balaban J connectivity index is 2.04. The molecule has 0 aliphatic heterocycles. The van der Waals surface area contributed by atoms with E-state index in [2.05, 4.69) is 12.2 Å². The first-order valence-corrected chi connectivity index (χ1v) is 7.61. The summed E-state index contributed by atoms with van der Waals surface area (Å²) in [5.41, 5.74) is 0.439. The van der Waals surface area contributed by atoms with Crippen LogP contribution < -0.4 is 10.1 Å². The molecule has 2 aromatic rings. The fourth-order valence-electron chi connectivity index (χ4n) is 2.03. The van der Waals surface area contributed by atoms with E-state index in [1.54, 1.807) is 24.3 Å². The van der Waals surface area contributed by atoms with Crippen molar-refractivity contribution in [3.8, 4) is 11.5 Å². The summed E-state index contributed by atoms with van der Waals surface area (Å²) in [6, 6.07) is 10.6. The molecule has 6 nitrogen and oxygen atoms in total. The largest absolute Gasteiger partial charge is 0.507 e. The van der Waals surface area contributed by atoms with Crippen LogP contribution in [0.2, 0.25) is 0 Å². The molecule has 0 saturated heterocycles. The minimum Gasteiger partial charge on any atom is -0.507 e. The summed E-state index contributed by atoms with van der Waals surface area (Å²) in [6.07, 6.45) is 2.01. The SMILES string of the molecule is CCCCOc1ccc(C(=O)Nc2ccc(O)c(C(=O)O)c2)cc1. The Kier molecular flexibility index (Phi) is 5.78. The predicted molar refractivity (Wildman–Crippen MR) is 89.9 cm³/mol. The number of rotatable bonds is 7. The number of aromatic hydroxyl groups is 1. The number of carbonyl (C=O) groups is 2. The number of hydrogen-bond acceptors (Lipinski definition) is 4. The normalized spacial score (nSPS) is 10.2. The van der Waals surface area contributed by atoms with Crippen LogP contribution in [0.15, 0.2) is 42.5 Å². The standard InChI is InChI=1S/C18H19NO5/c1-2-3-10-24-14-7-4-12(5-8-14)17(21)19-13-6-9-16(20)15(11-13)18(22)23/h4-9,11,20H,2-3,10H2,1H3,(H,19,21)(H,22,23). The van der Waals surface area contributed by atoms with Crippen LogP contribution in [0.5, 0.6) is 11.5 Å². The molecular weight excluding hydrogens is 310 g/mol. The van der Waals surface area contributed by atoms with Gasteiger partial charge < -0.3 is 20.3 Å². The van der Waals surface area contributed by atoms with E-state index in [0.717, 1.165) is 12.8 Å². The average Bonchev–Trinajstić information content (AvgIpc) is 2.57. The molecule has 0 aliphatic rings. The van der Waals surface area contributed by atoms with Crippen molar-refractivity contribution in [3.63, 3.8) is 0 Å². The van der Waals surface area contributed by atoms with E-state index in [0.29, 0.717) is 23.6 Å². The minimum absolute atomic E-state index is 0.271. The lowest BCUT2D eigenvalue weighted by atomic mass is 10.1. The Morgan fingerprint density at radius 1 is 1.12 bits per heavy atom. The van der Waals surface area contributed by atoms with Gasteiger partial charge in [0.05, 0.1) is 6.61 Å². The van der Waals surface area contributed by atoms with Crippen LogP contribution in [0.25, 0.3) is 0 Å². The average molecular weight is 329 g/mol. The second-order valence-electron chi connectivity index (χ2n) is 5.22. The first kappa shape index (κ1) is 17.3. The van der Waals surface area contributed by atoms with E-state index in [9.17, 15) is 14.7 Å². The number of anilines is 1. The Bertz CT molecular complexity index is 725. The highest BCUT2D eigenvalue weighted by Gasteiger charge is 2.12. The fourth-order valence-corrected chi connectivity index (χ4v) is 2.03. The molecule has 0 bridgehead atoms. The first-order valence-electron chi connectivity index (χ1n) is 7.61. The van der Waals surface area contributed by atoms with Gasteiger partial charge in [-0.15, -0.1) is 0 Å². The summed E-state index contributed by atoms with van der Waals surface area (Å²) in [4.78, 5) is 23.2. The topological polar surface area (TPSA) is 95.9 Å². The van der Waals surface area contributed by atoms with Crippen LogP contribution in [0.4, 0.5) is 5.69 Å². The molecule has 0 atom stereocenters. The lowest BCUT2D eigenvalue weighted by Gasteiger charge is -2.09. The lowest BCUT2D eigenvalue weighted by Crippen LogP contribution is -2.12. The number of carbonyl (C=O) groups excluding carboxylic acids is 1. The molecule has 3 N–H and O–H groups in total. The van der Waals surface area contributed by atoms with E-state index < -0.39 is 5.97 Å². The third-order valence-corrected chi connectivity index (χ3v) is 3.37. The zero-order chi connectivity index (χ0) is 17.5. The molecule has 0 saturated carbocycles. The van der Waals surface area contributed by atoms with Crippen molar-refractivity contribution in [2.75, 3.05) is 11.9 Å². The van der Waals surface area contributed by atoms with Crippen molar-refractivity contribution in [2.24, 2.45) is 0 Å². The molecule has 0 spiro atoms. The maximum Gasteiger partial charge on any atom is 0.339 e. The molecule has 0 radical (unpaired) electrons. The second-order valence-corrected chi connectivity index (χ2v) is 5.22. The quantitative estimate of drug-likeness (QED) is 0.533. The monoisotopic (exact) mass is 329 g/mol. The third-order valence-electron chi connectivity index (χ3n) is 3.37. The molecule has 0 aromatic heterocycles. The van der Waals surface area contributed by atoms with Crippen molar-refractivity contribution in [3.05, 3.63) is 53.6 Å². The Morgan fingerprint density at radius 2 is 1.83 bits per heavy atom. The Labute approximate surface area is 139 Å². The number of aromatic carboxylic acids is 1. The Morgan fingerprint density at radius 3 is 2.46 bits per heavy atom. The lowest BCUT2D eigenvalue weighted by molar-refractivity contribution is 0.0693. The summed E-state index contributed by atoms with van der Waals surface area (Å²) >= 11 is 0. The van der Waals surface area contributed by atoms with E-state index >= 15 is 0 Å². The van der Waals surface area contributed by atoms with Crippen molar-refractivity contribution < 1.29 is 24.5 Å². The van der Waals surface area contributed by atoms with Gasteiger partial charge in [-0.1, -0.05) is 13.3 Å². The van der Waals surface area contributed by atoms with E-state index in [1.807, 2.05) is 0 Å². The fraction of sp³-hybridized carbons (Fsp3) is 0.222. The molecule has 2 rings (SSSR count). The number of ether oxygens (including phenoxy) is 1. The molecule has 24 heavy (non-hydrogen) atoms. The molecule has 2 aromatic carbocycles. The predicted octanol–water partition coefficient (Wildman–Crippen LogP) is 3.52. The van der Waals surface area contributed by atoms with Gasteiger partial charge in [0.2, 0.25) is 0 Å². The Hall–Kier alpha value is -3.02. The van der Waals surface area contributed by atoms with E-state index in [-0.39, 0.29) is 17.2 Å². The maximum absolute atomic E-state index is 12.2. The third kappa shape index (κ3) is 4.49. The highest BCUT2D eigenvalue weighted by molar-refractivity contribution is 6.05. The van der Waals surface area contributed by atoms with Gasteiger partial charge in [0.1, 0.15) is 17.1 Å². The van der Waals surface area contributed by atoms with Gasteiger partial charge in [-0.25, -0.2) is 4.79 Å². The summed E-state index contributed by atoms with van der Waals surface area (Å²) in [6.45, 7) is 2.71. The summed E-state index contributed by atoms with van der Waals surface area (Å²) in [7, 11) is 0. The van der Waals surface area contributed by atoms with Crippen molar-refractivity contribution >= 4 is 17.6 Å². The van der Waals surface area contributed by atoms with Crippen LogP contribution >= 0.6 is 0 Å². The highest BCUT2D eigenvalue weighted by Crippen LogP contribution is 2.22.